The van der Waals surface area contributed by atoms with Crippen LogP contribution >= 0.6 is 11.6 Å². The fourth-order valence-corrected chi connectivity index (χ4v) is 3.67. The summed E-state index contributed by atoms with van der Waals surface area (Å²) < 4.78 is 7.27. The summed E-state index contributed by atoms with van der Waals surface area (Å²) in [6.07, 6.45) is 0.474. The lowest BCUT2D eigenvalue weighted by Crippen LogP contribution is -2.25. The second-order valence-corrected chi connectivity index (χ2v) is 7.05. The molecule has 30 heavy (non-hydrogen) atoms. The highest BCUT2D eigenvalue weighted by molar-refractivity contribution is 6.35. The first-order valence-corrected chi connectivity index (χ1v) is 9.84. The van der Waals surface area contributed by atoms with Gasteiger partial charge in [0.1, 0.15) is 12.0 Å². The van der Waals surface area contributed by atoms with Crippen LogP contribution in [-0.2, 0) is 9.53 Å². The van der Waals surface area contributed by atoms with Crippen LogP contribution in [0.15, 0.2) is 59.9 Å². The van der Waals surface area contributed by atoms with Gasteiger partial charge in [-0.1, -0.05) is 48.0 Å². The molecule has 0 bridgehead atoms. The number of para-hydroxylation sites is 1. The molecular weight excluding hydrogens is 404 g/mol. The van der Waals surface area contributed by atoms with Crippen LogP contribution in [0.2, 0.25) is 5.02 Å². The molecule has 3 aromatic rings. The molecule has 7 nitrogen and oxygen atoms in total. The van der Waals surface area contributed by atoms with Crippen LogP contribution in [0, 0.1) is 0 Å². The normalized spacial score (nSPS) is 14.8. The first-order chi connectivity index (χ1) is 14.5. The van der Waals surface area contributed by atoms with Crippen LogP contribution in [0.1, 0.15) is 47.4 Å². The number of imidazole rings is 1. The van der Waals surface area contributed by atoms with Gasteiger partial charge < -0.3 is 10.1 Å². The maximum Gasteiger partial charge on any atom is 0.304 e. The van der Waals surface area contributed by atoms with Gasteiger partial charge in [0.15, 0.2) is 5.69 Å². The maximum absolute atomic E-state index is 12.6. The smallest absolute Gasteiger partial charge is 0.304 e. The standard InChI is InChI=1S/C22H19ClN4O3/c1-3-24-21(29)19-20-22(30-13(2)28)26-18(14-8-4-6-10-16(14)23)15-9-5-7-11-17(15)27(20)12-25-19/h4-12,22H,3H2,1-2H3,(H,24,29). The molecule has 0 radical (unpaired) electrons. The van der Waals surface area contributed by atoms with E-state index in [4.69, 9.17) is 21.3 Å². The number of aliphatic imine (C=N–C) groups is 1. The molecule has 1 amide bonds. The minimum Gasteiger partial charge on any atom is -0.434 e. The van der Waals surface area contributed by atoms with Gasteiger partial charge in [0, 0.05) is 29.6 Å². The number of ether oxygens (including phenoxy) is 1. The number of nitrogens with zero attached hydrogens (tertiary/aromatic N) is 3. The van der Waals surface area contributed by atoms with Crippen LogP contribution in [0.4, 0.5) is 0 Å². The van der Waals surface area contributed by atoms with Crippen molar-refractivity contribution in [2.45, 2.75) is 20.1 Å². The number of benzene rings is 2. The Balaban J connectivity index is 2.02. The van der Waals surface area contributed by atoms with Crippen LogP contribution < -0.4 is 5.32 Å². The third-order valence-electron chi connectivity index (χ3n) is 4.66. The number of esters is 1. The van der Waals surface area contributed by atoms with E-state index in [1.165, 1.54) is 6.92 Å². The second-order valence-electron chi connectivity index (χ2n) is 6.64. The minimum absolute atomic E-state index is 0.155. The van der Waals surface area contributed by atoms with Crippen LogP contribution in [0.25, 0.3) is 5.69 Å². The van der Waals surface area contributed by atoms with E-state index < -0.39 is 12.2 Å². The highest BCUT2D eigenvalue weighted by Gasteiger charge is 2.32. The number of carbonyl (C=O) groups is 2. The highest BCUT2D eigenvalue weighted by atomic mass is 35.5. The van der Waals surface area contributed by atoms with Gasteiger partial charge in [0.25, 0.3) is 5.91 Å². The van der Waals surface area contributed by atoms with Gasteiger partial charge in [-0.25, -0.2) is 9.98 Å². The van der Waals surface area contributed by atoms with Crippen molar-refractivity contribution in [3.63, 3.8) is 0 Å². The Morgan fingerprint density at radius 2 is 1.83 bits per heavy atom. The van der Waals surface area contributed by atoms with Crippen molar-refractivity contribution in [1.29, 1.82) is 0 Å². The molecule has 0 saturated heterocycles. The van der Waals surface area contributed by atoms with Gasteiger partial charge in [-0.3, -0.25) is 14.2 Å². The lowest BCUT2D eigenvalue weighted by molar-refractivity contribution is -0.146. The molecule has 0 saturated carbocycles. The zero-order chi connectivity index (χ0) is 21.3. The van der Waals surface area contributed by atoms with Crippen molar-refractivity contribution in [2.24, 2.45) is 4.99 Å². The van der Waals surface area contributed by atoms with E-state index in [1.807, 2.05) is 49.4 Å². The number of halogens is 1. The Morgan fingerprint density at radius 3 is 2.53 bits per heavy atom. The van der Waals surface area contributed by atoms with Gasteiger partial charge >= 0.3 is 5.97 Å². The third kappa shape index (κ3) is 3.48. The lowest BCUT2D eigenvalue weighted by Gasteiger charge is -2.15. The Hall–Kier alpha value is -3.45. The van der Waals surface area contributed by atoms with Gasteiger partial charge in [-0.2, -0.15) is 0 Å². The fourth-order valence-electron chi connectivity index (χ4n) is 3.44. The number of fused-ring (bicyclic) bond motifs is 3. The first kappa shape index (κ1) is 19.8. The molecule has 4 rings (SSSR count). The summed E-state index contributed by atoms with van der Waals surface area (Å²) in [6, 6.07) is 14.9. The van der Waals surface area contributed by atoms with Crippen molar-refractivity contribution in [3.8, 4) is 5.69 Å². The van der Waals surface area contributed by atoms with Gasteiger partial charge in [-0.05, 0) is 19.1 Å². The Kier molecular flexibility index (Phi) is 5.37. The zero-order valence-corrected chi connectivity index (χ0v) is 17.2. The molecule has 8 heteroatoms. The molecule has 1 aliphatic heterocycles. The third-order valence-corrected chi connectivity index (χ3v) is 4.99. The second kappa shape index (κ2) is 8.12. The van der Waals surface area contributed by atoms with Crippen LogP contribution in [0.3, 0.4) is 0 Å². The molecule has 0 aliphatic carbocycles. The minimum atomic E-state index is -1.07. The van der Waals surface area contributed by atoms with Crippen molar-refractivity contribution in [3.05, 3.63) is 82.4 Å². The summed E-state index contributed by atoms with van der Waals surface area (Å²) in [5.41, 5.74) is 3.33. The first-order valence-electron chi connectivity index (χ1n) is 9.46. The molecule has 1 aromatic heterocycles. The van der Waals surface area contributed by atoms with Crippen LogP contribution in [-0.4, -0.2) is 33.7 Å². The highest BCUT2D eigenvalue weighted by Crippen LogP contribution is 2.34. The van der Waals surface area contributed by atoms with E-state index in [9.17, 15) is 9.59 Å². The predicted molar refractivity (Wildman–Crippen MR) is 113 cm³/mol. The molecule has 0 spiro atoms. The Bertz CT molecular complexity index is 1170. The summed E-state index contributed by atoms with van der Waals surface area (Å²) in [5, 5.41) is 3.26. The number of aromatic nitrogens is 2. The van der Waals surface area contributed by atoms with Crippen molar-refractivity contribution in [2.75, 3.05) is 6.54 Å². The maximum atomic E-state index is 12.6. The van der Waals surface area contributed by atoms with E-state index in [0.29, 0.717) is 28.5 Å². The quantitative estimate of drug-likeness (QED) is 0.650. The molecule has 152 valence electrons. The summed E-state index contributed by atoms with van der Waals surface area (Å²) in [6.45, 7) is 3.56. The molecule has 2 heterocycles. The average Bonchev–Trinajstić information content (AvgIpc) is 3.12. The number of amides is 1. The van der Waals surface area contributed by atoms with Crippen LogP contribution in [0.5, 0.6) is 0 Å². The predicted octanol–water partition coefficient (Wildman–Crippen LogP) is 3.69. The number of rotatable bonds is 4. The molecule has 1 aliphatic rings. The lowest BCUT2D eigenvalue weighted by atomic mass is 10.0. The van der Waals surface area contributed by atoms with E-state index >= 15 is 0 Å². The van der Waals surface area contributed by atoms with E-state index in [0.717, 1.165) is 11.3 Å². The topological polar surface area (TPSA) is 85.6 Å². The Morgan fingerprint density at radius 1 is 1.13 bits per heavy atom. The molecular formula is C22H19ClN4O3. The van der Waals surface area contributed by atoms with Gasteiger partial charge in [-0.15, -0.1) is 0 Å². The van der Waals surface area contributed by atoms with Crippen molar-refractivity contribution in [1.82, 2.24) is 14.9 Å². The summed E-state index contributed by atoms with van der Waals surface area (Å²) in [5.74, 6) is -0.889. The zero-order valence-electron chi connectivity index (χ0n) is 16.4. The van der Waals surface area contributed by atoms with Gasteiger partial charge in [0.2, 0.25) is 6.23 Å². The summed E-state index contributed by atoms with van der Waals surface area (Å²) in [7, 11) is 0. The number of carbonyl (C=O) groups excluding carboxylic acids is 2. The number of hydrogen-bond acceptors (Lipinski definition) is 5. The molecule has 1 unspecified atom stereocenters. The molecule has 1 N–H and O–H groups in total. The van der Waals surface area contributed by atoms with E-state index in [-0.39, 0.29) is 11.6 Å². The molecule has 1 atom stereocenters. The number of hydrogen-bond donors (Lipinski definition) is 1. The van der Waals surface area contributed by atoms with Crippen molar-refractivity contribution < 1.29 is 14.3 Å². The molecule has 2 aromatic carbocycles. The fraction of sp³-hybridized carbons (Fsp3) is 0.182. The SMILES string of the molecule is CCNC(=O)c1ncn2c1C(OC(C)=O)N=C(c1ccccc1Cl)c1ccccc1-2. The molecule has 0 fully saturated rings. The van der Waals surface area contributed by atoms with E-state index in [1.54, 1.807) is 17.0 Å². The largest absolute Gasteiger partial charge is 0.434 e. The summed E-state index contributed by atoms with van der Waals surface area (Å²) in [4.78, 5) is 33.6. The number of nitrogens with one attached hydrogen (secondary N) is 1. The average molecular weight is 423 g/mol. The Labute approximate surface area is 178 Å². The van der Waals surface area contributed by atoms with Gasteiger partial charge in [0.05, 0.1) is 11.4 Å². The van der Waals surface area contributed by atoms with Crippen molar-refractivity contribution >= 4 is 29.2 Å². The summed E-state index contributed by atoms with van der Waals surface area (Å²) >= 11 is 6.47. The monoisotopic (exact) mass is 422 g/mol. The van der Waals surface area contributed by atoms with E-state index in [2.05, 4.69) is 10.3 Å².